The van der Waals surface area contributed by atoms with Gasteiger partial charge in [0.05, 0.1) is 16.9 Å². The first-order chi connectivity index (χ1) is 15.8. The Kier molecular flexibility index (Phi) is 6.19. The first kappa shape index (κ1) is 24.2. The van der Waals surface area contributed by atoms with E-state index in [0.717, 1.165) is 16.7 Å². The van der Waals surface area contributed by atoms with Crippen LogP contribution in [-0.4, -0.2) is 36.8 Å². The summed E-state index contributed by atoms with van der Waals surface area (Å²) in [5.41, 5.74) is 3.86. The Morgan fingerprint density at radius 2 is 1.76 bits per heavy atom. The predicted molar refractivity (Wildman–Crippen MR) is 134 cm³/mol. The second-order valence-corrected chi connectivity index (χ2v) is 12.6. The summed E-state index contributed by atoms with van der Waals surface area (Å²) in [4.78, 5) is 28.0. The number of amides is 1. The van der Waals surface area contributed by atoms with Gasteiger partial charge in [-0.15, -0.1) is 0 Å². The number of aryl methyl sites for hydroxylation is 2. The molecule has 6 nitrogen and oxygen atoms in total. The maximum atomic E-state index is 13.6. The molecule has 0 aliphatic carbocycles. The molecule has 1 saturated heterocycles. The summed E-state index contributed by atoms with van der Waals surface area (Å²) in [5.74, 6) is -0.586. The van der Waals surface area contributed by atoms with Crippen LogP contribution in [0.1, 0.15) is 60.0 Å². The number of benzene rings is 2. The molecule has 4 rings (SSSR count). The van der Waals surface area contributed by atoms with Crippen LogP contribution >= 0.6 is 0 Å². The van der Waals surface area contributed by atoms with Crippen LogP contribution in [0.5, 0.6) is 0 Å². The molecule has 0 bridgehead atoms. The van der Waals surface area contributed by atoms with Gasteiger partial charge in [0.15, 0.2) is 21.0 Å². The molecule has 1 aliphatic rings. The topological polar surface area (TPSA) is 84.7 Å². The lowest BCUT2D eigenvalue weighted by Crippen LogP contribution is -2.41. The second kappa shape index (κ2) is 8.69. The summed E-state index contributed by atoms with van der Waals surface area (Å²) in [7, 11) is -3.21. The number of hydrogen-bond donors (Lipinski definition) is 0. The molecular weight excluding hydrogens is 450 g/mol. The molecule has 1 amide bonds. The lowest BCUT2D eigenvalue weighted by Gasteiger charge is -2.28. The van der Waals surface area contributed by atoms with Gasteiger partial charge in [-0.25, -0.2) is 8.42 Å². The summed E-state index contributed by atoms with van der Waals surface area (Å²) < 4.78 is 30.3. The molecular formula is C27H31NO5S. The van der Waals surface area contributed by atoms with E-state index < -0.39 is 21.8 Å². The molecule has 1 atom stereocenters. The molecule has 180 valence electrons. The fraction of sp³-hybridized carbons (Fsp3) is 0.407. The third kappa shape index (κ3) is 4.94. The fourth-order valence-corrected chi connectivity index (χ4v) is 6.34. The van der Waals surface area contributed by atoms with E-state index in [1.807, 2.05) is 44.2 Å². The van der Waals surface area contributed by atoms with Crippen molar-refractivity contribution in [3.05, 3.63) is 80.7 Å². The van der Waals surface area contributed by atoms with Crippen molar-refractivity contribution in [3.63, 3.8) is 0 Å². The average Bonchev–Trinajstić information content (AvgIpc) is 3.09. The Balaban J connectivity index is 1.73. The molecule has 1 fully saturated rings. The standard InChI is InChI=1S/C27H31NO5S/c1-17-12-18(2)25-22(29)14-24(33-23(25)13-17)26(30)28(21-10-11-34(31,32)16-21)15-19-6-8-20(9-7-19)27(3,4)5/h6-9,12-14,21H,10-11,15-16H2,1-5H3/t21-/m1/s1. The van der Waals surface area contributed by atoms with Crippen molar-refractivity contribution in [1.82, 2.24) is 4.90 Å². The van der Waals surface area contributed by atoms with E-state index in [-0.39, 0.29) is 34.7 Å². The summed E-state index contributed by atoms with van der Waals surface area (Å²) in [6.45, 7) is 10.4. The molecule has 0 radical (unpaired) electrons. The number of nitrogens with zero attached hydrogens (tertiary/aromatic N) is 1. The van der Waals surface area contributed by atoms with Crippen LogP contribution in [0.2, 0.25) is 0 Å². The number of carbonyl (C=O) groups excluding carboxylic acids is 1. The lowest BCUT2D eigenvalue weighted by molar-refractivity contribution is 0.0648. The van der Waals surface area contributed by atoms with Gasteiger partial charge in [-0.2, -0.15) is 0 Å². The second-order valence-electron chi connectivity index (χ2n) is 10.4. The average molecular weight is 482 g/mol. The van der Waals surface area contributed by atoms with Crippen LogP contribution in [0.25, 0.3) is 11.0 Å². The highest BCUT2D eigenvalue weighted by Gasteiger charge is 2.36. The third-order valence-corrected chi connectivity index (χ3v) is 8.22. The van der Waals surface area contributed by atoms with Crippen molar-refractivity contribution in [3.8, 4) is 0 Å². The summed E-state index contributed by atoms with van der Waals surface area (Å²) in [6.07, 6.45) is 0.365. The van der Waals surface area contributed by atoms with Crippen molar-refractivity contribution in [2.24, 2.45) is 0 Å². The summed E-state index contributed by atoms with van der Waals surface area (Å²) in [6, 6.07) is 12.4. The number of fused-ring (bicyclic) bond motifs is 1. The summed E-state index contributed by atoms with van der Waals surface area (Å²) in [5, 5.41) is 0.454. The Labute approximate surface area is 200 Å². The maximum absolute atomic E-state index is 13.6. The van der Waals surface area contributed by atoms with Gasteiger partial charge in [0, 0.05) is 18.7 Å². The van der Waals surface area contributed by atoms with Gasteiger partial charge in [-0.3, -0.25) is 9.59 Å². The molecule has 1 aromatic heterocycles. The minimum Gasteiger partial charge on any atom is -0.451 e. The van der Waals surface area contributed by atoms with Gasteiger partial charge in [-0.05, 0) is 54.0 Å². The lowest BCUT2D eigenvalue weighted by atomic mass is 9.86. The van der Waals surface area contributed by atoms with E-state index in [9.17, 15) is 18.0 Å². The Hall–Kier alpha value is -2.93. The molecule has 0 unspecified atom stereocenters. The maximum Gasteiger partial charge on any atom is 0.290 e. The van der Waals surface area contributed by atoms with E-state index in [4.69, 9.17) is 4.42 Å². The van der Waals surface area contributed by atoms with Crippen LogP contribution in [0.15, 0.2) is 51.7 Å². The fourth-order valence-electron chi connectivity index (χ4n) is 4.61. The van der Waals surface area contributed by atoms with Crippen molar-refractivity contribution in [1.29, 1.82) is 0 Å². The van der Waals surface area contributed by atoms with E-state index in [0.29, 0.717) is 17.4 Å². The molecule has 7 heteroatoms. The van der Waals surface area contributed by atoms with Crippen LogP contribution < -0.4 is 5.43 Å². The minimum atomic E-state index is -3.21. The molecule has 0 N–H and O–H groups in total. The molecule has 0 saturated carbocycles. The molecule has 34 heavy (non-hydrogen) atoms. The normalized spacial score (nSPS) is 17.7. The predicted octanol–water partition coefficient (Wildman–Crippen LogP) is 4.54. The van der Waals surface area contributed by atoms with Gasteiger partial charge in [0.1, 0.15) is 5.58 Å². The van der Waals surface area contributed by atoms with E-state index in [1.165, 1.54) is 11.6 Å². The minimum absolute atomic E-state index is 0.00166. The largest absolute Gasteiger partial charge is 0.451 e. The van der Waals surface area contributed by atoms with Crippen LogP contribution in [0.4, 0.5) is 0 Å². The van der Waals surface area contributed by atoms with Gasteiger partial charge in [0.25, 0.3) is 5.91 Å². The Morgan fingerprint density at radius 1 is 1.09 bits per heavy atom. The van der Waals surface area contributed by atoms with Crippen molar-refractivity contribution < 1.29 is 17.6 Å². The highest BCUT2D eigenvalue weighted by molar-refractivity contribution is 7.91. The van der Waals surface area contributed by atoms with E-state index >= 15 is 0 Å². The highest BCUT2D eigenvalue weighted by atomic mass is 32.2. The number of hydrogen-bond acceptors (Lipinski definition) is 5. The van der Waals surface area contributed by atoms with Crippen molar-refractivity contribution in [2.45, 2.75) is 59.0 Å². The van der Waals surface area contributed by atoms with Crippen LogP contribution in [0, 0.1) is 13.8 Å². The zero-order chi connectivity index (χ0) is 24.8. The zero-order valence-electron chi connectivity index (χ0n) is 20.3. The smallest absolute Gasteiger partial charge is 0.290 e. The first-order valence-electron chi connectivity index (χ1n) is 11.5. The number of rotatable bonds is 4. The number of sulfone groups is 1. The third-order valence-electron chi connectivity index (χ3n) is 6.47. The molecule has 0 spiro atoms. The molecule has 3 aromatic rings. The van der Waals surface area contributed by atoms with E-state index in [1.54, 1.807) is 11.0 Å². The van der Waals surface area contributed by atoms with Gasteiger partial charge in [0.2, 0.25) is 0 Å². The van der Waals surface area contributed by atoms with Crippen LogP contribution in [0.3, 0.4) is 0 Å². The van der Waals surface area contributed by atoms with E-state index in [2.05, 4.69) is 20.8 Å². The summed E-state index contributed by atoms with van der Waals surface area (Å²) >= 11 is 0. The number of carbonyl (C=O) groups is 1. The van der Waals surface area contributed by atoms with Gasteiger partial charge < -0.3 is 9.32 Å². The highest BCUT2D eigenvalue weighted by Crippen LogP contribution is 2.26. The van der Waals surface area contributed by atoms with Crippen molar-refractivity contribution >= 4 is 26.7 Å². The SMILES string of the molecule is Cc1cc(C)c2c(=O)cc(C(=O)N(Cc3ccc(C(C)(C)C)cc3)[C@@H]3CCS(=O)(=O)C3)oc2c1. The Bertz CT molecular complexity index is 1410. The zero-order valence-corrected chi connectivity index (χ0v) is 21.2. The van der Waals surface area contributed by atoms with Crippen molar-refractivity contribution in [2.75, 3.05) is 11.5 Å². The van der Waals surface area contributed by atoms with Crippen LogP contribution in [-0.2, 0) is 21.8 Å². The Morgan fingerprint density at radius 3 is 2.35 bits per heavy atom. The molecule has 2 heterocycles. The van der Waals surface area contributed by atoms with Gasteiger partial charge >= 0.3 is 0 Å². The molecule has 1 aliphatic heterocycles. The first-order valence-corrected chi connectivity index (χ1v) is 13.3. The van der Waals surface area contributed by atoms with Gasteiger partial charge in [-0.1, -0.05) is 51.1 Å². The molecule has 2 aromatic carbocycles. The quantitative estimate of drug-likeness (QED) is 0.546. The monoisotopic (exact) mass is 481 g/mol.